The fourth-order valence-electron chi connectivity index (χ4n) is 2.51. The lowest BCUT2D eigenvalue weighted by atomic mass is 10.1. The second kappa shape index (κ2) is 6.49. The predicted molar refractivity (Wildman–Crippen MR) is 94.4 cm³/mol. The maximum atomic E-state index is 12.2. The Kier molecular flexibility index (Phi) is 4.46. The molecule has 2 heterocycles. The van der Waals surface area contributed by atoms with Crippen molar-refractivity contribution in [1.82, 2.24) is 9.80 Å². The Morgan fingerprint density at radius 2 is 1.48 bits per heavy atom. The van der Waals surface area contributed by atoms with Gasteiger partial charge >= 0.3 is 6.03 Å². The zero-order valence-electron chi connectivity index (χ0n) is 14.4. The highest BCUT2D eigenvalue weighted by Crippen LogP contribution is 2.26. The van der Waals surface area contributed by atoms with Crippen molar-refractivity contribution in [3.8, 4) is 11.3 Å². The first-order valence-corrected chi connectivity index (χ1v) is 9.19. The molecule has 1 fully saturated rings. The van der Waals surface area contributed by atoms with E-state index in [4.69, 9.17) is 9.56 Å². The molecule has 0 saturated carbocycles. The molecular formula is C17H15N3O6S. The van der Waals surface area contributed by atoms with E-state index in [0.717, 1.165) is 9.80 Å². The number of barbiturate groups is 1. The number of nitrogens with two attached hydrogens (primary N) is 1. The van der Waals surface area contributed by atoms with E-state index in [9.17, 15) is 22.8 Å². The summed E-state index contributed by atoms with van der Waals surface area (Å²) in [4.78, 5) is 37.7. The molecule has 9 nitrogen and oxygen atoms in total. The third-order valence-electron chi connectivity index (χ3n) is 4.02. The van der Waals surface area contributed by atoms with Crippen LogP contribution in [-0.2, 0) is 19.6 Å². The number of primary sulfonamides is 1. The van der Waals surface area contributed by atoms with Crippen LogP contribution in [0.2, 0.25) is 0 Å². The molecule has 1 aliphatic rings. The minimum atomic E-state index is -3.79. The van der Waals surface area contributed by atoms with Crippen LogP contribution in [0.15, 0.2) is 51.3 Å². The van der Waals surface area contributed by atoms with Gasteiger partial charge in [-0.2, -0.15) is 0 Å². The Hall–Kier alpha value is -3.24. The van der Waals surface area contributed by atoms with Gasteiger partial charge in [-0.1, -0.05) is 0 Å². The molecule has 1 aliphatic heterocycles. The summed E-state index contributed by atoms with van der Waals surface area (Å²) in [5.74, 6) is -0.818. The molecule has 3 rings (SSSR count). The zero-order valence-corrected chi connectivity index (χ0v) is 15.2. The molecule has 140 valence electrons. The second-order valence-corrected chi connectivity index (χ2v) is 7.40. The van der Waals surface area contributed by atoms with E-state index in [1.807, 2.05) is 0 Å². The van der Waals surface area contributed by atoms with Crippen molar-refractivity contribution >= 4 is 33.9 Å². The second-order valence-electron chi connectivity index (χ2n) is 5.84. The maximum absolute atomic E-state index is 12.2. The van der Waals surface area contributed by atoms with Crippen molar-refractivity contribution in [2.24, 2.45) is 5.14 Å². The van der Waals surface area contributed by atoms with Gasteiger partial charge in [0.2, 0.25) is 10.0 Å². The summed E-state index contributed by atoms with van der Waals surface area (Å²) in [7, 11) is -1.24. The van der Waals surface area contributed by atoms with Gasteiger partial charge in [0.15, 0.2) is 0 Å². The van der Waals surface area contributed by atoms with Gasteiger partial charge in [0.05, 0.1) is 4.90 Å². The number of sulfonamides is 1. The lowest BCUT2D eigenvalue weighted by Crippen LogP contribution is -2.52. The molecule has 4 amide bonds. The highest BCUT2D eigenvalue weighted by molar-refractivity contribution is 7.89. The maximum Gasteiger partial charge on any atom is 0.333 e. The lowest BCUT2D eigenvalue weighted by Gasteiger charge is -2.28. The largest absolute Gasteiger partial charge is 0.457 e. The summed E-state index contributed by atoms with van der Waals surface area (Å²) in [6.07, 6.45) is 1.26. The number of amides is 4. The van der Waals surface area contributed by atoms with Crippen molar-refractivity contribution in [1.29, 1.82) is 0 Å². The van der Waals surface area contributed by atoms with Gasteiger partial charge in [0.1, 0.15) is 17.1 Å². The molecule has 1 saturated heterocycles. The van der Waals surface area contributed by atoms with Gasteiger partial charge in [-0.3, -0.25) is 19.4 Å². The molecule has 0 bridgehead atoms. The summed E-state index contributed by atoms with van der Waals surface area (Å²) in [6, 6.07) is 8.17. The number of hydrogen-bond donors (Lipinski definition) is 1. The first-order chi connectivity index (χ1) is 12.6. The predicted octanol–water partition coefficient (Wildman–Crippen LogP) is 1.03. The van der Waals surface area contributed by atoms with E-state index in [2.05, 4.69) is 0 Å². The molecule has 2 aromatic rings. The summed E-state index contributed by atoms with van der Waals surface area (Å²) in [5, 5.41) is 5.06. The Labute approximate surface area is 154 Å². The number of benzene rings is 1. The van der Waals surface area contributed by atoms with Gasteiger partial charge in [-0.05, 0) is 42.5 Å². The van der Waals surface area contributed by atoms with Gasteiger partial charge in [0.25, 0.3) is 11.8 Å². The molecule has 0 aliphatic carbocycles. The highest BCUT2D eigenvalue weighted by atomic mass is 32.2. The summed E-state index contributed by atoms with van der Waals surface area (Å²) in [6.45, 7) is 0. The van der Waals surface area contributed by atoms with E-state index in [0.29, 0.717) is 11.3 Å². The van der Waals surface area contributed by atoms with E-state index >= 15 is 0 Å². The lowest BCUT2D eigenvalue weighted by molar-refractivity contribution is -0.134. The number of imide groups is 2. The molecule has 0 spiro atoms. The van der Waals surface area contributed by atoms with Crippen LogP contribution in [0, 0.1) is 0 Å². The molecule has 10 heteroatoms. The Bertz CT molecular complexity index is 1060. The molecule has 2 N–H and O–H groups in total. The minimum absolute atomic E-state index is 0.0331. The molecule has 0 unspecified atom stereocenters. The van der Waals surface area contributed by atoms with Crippen molar-refractivity contribution in [2.75, 3.05) is 14.1 Å². The van der Waals surface area contributed by atoms with Crippen molar-refractivity contribution in [2.45, 2.75) is 4.90 Å². The highest BCUT2D eigenvalue weighted by Gasteiger charge is 2.38. The standard InChI is InChI=1S/C17H15N3O6S/c1-19-15(21)13(16(22)20(2)17(19)23)9-11-5-8-14(26-11)10-3-6-12(7-4-10)27(18,24)25/h3-9H,1-2H3,(H2,18,24,25). The molecule has 0 atom stereocenters. The number of carbonyl (C=O) groups excluding carboxylic acids is 3. The molecule has 0 radical (unpaired) electrons. The van der Waals surface area contributed by atoms with E-state index in [-0.39, 0.29) is 16.2 Å². The molecule has 27 heavy (non-hydrogen) atoms. The number of furan rings is 1. The van der Waals surface area contributed by atoms with Gasteiger partial charge in [-0.25, -0.2) is 18.4 Å². The summed E-state index contributed by atoms with van der Waals surface area (Å²) in [5.41, 5.74) is 0.378. The SMILES string of the molecule is CN1C(=O)C(=Cc2ccc(-c3ccc(S(N)(=O)=O)cc3)o2)C(=O)N(C)C1=O. The van der Waals surface area contributed by atoms with E-state index < -0.39 is 27.9 Å². The minimum Gasteiger partial charge on any atom is -0.457 e. The number of urea groups is 1. The Morgan fingerprint density at radius 3 is 2.00 bits per heavy atom. The van der Waals surface area contributed by atoms with Crippen molar-refractivity contribution in [3.63, 3.8) is 0 Å². The summed E-state index contributed by atoms with van der Waals surface area (Å²) < 4.78 is 28.2. The fraction of sp³-hybridized carbons (Fsp3) is 0.118. The number of nitrogens with zero attached hydrogens (tertiary/aromatic N) is 2. The third kappa shape index (κ3) is 3.39. The van der Waals surface area contributed by atoms with E-state index in [1.165, 1.54) is 44.4 Å². The average Bonchev–Trinajstić information content (AvgIpc) is 3.10. The first-order valence-electron chi connectivity index (χ1n) is 7.64. The van der Waals surface area contributed by atoms with Crippen LogP contribution < -0.4 is 5.14 Å². The van der Waals surface area contributed by atoms with E-state index in [1.54, 1.807) is 12.1 Å². The van der Waals surface area contributed by atoms with Gasteiger partial charge < -0.3 is 4.42 Å². The number of rotatable bonds is 3. The van der Waals surface area contributed by atoms with Gasteiger partial charge in [-0.15, -0.1) is 0 Å². The zero-order chi connectivity index (χ0) is 19.9. The topological polar surface area (TPSA) is 131 Å². The van der Waals surface area contributed by atoms with Crippen LogP contribution in [0.5, 0.6) is 0 Å². The van der Waals surface area contributed by atoms with Crippen LogP contribution >= 0.6 is 0 Å². The number of likely N-dealkylation sites (N-methyl/N-ethyl adjacent to an activating group) is 2. The van der Waals surface area contributed by atoms with Gasteiger partial charge in [0, 0.05) is 19.7 Å². The van der Waals surface area contributed by atoms with Crippen LogP contribution in [0.25, 0.3) is 17.4 Å². The fourth-order valence-corrected chi connectivity index (χ4v) is 3.03. The quantitative estimate of drug-likeness (QED) is 0.616. The number of hydrogen-bond acceptors (Lipinski definition) is 6. The normalized spacial score (nSPS) is 15.5. The Balaban J connectivity index is 1.92. The first kappa shape index (κ1) is 18.5. The average molecular weight is 389 g/mol. The molecule has 1 aromatic heterocycles. The van der Waals surface area contributed by atoms with Crippen LogP contribution in [-0.4, -0.2) is 50.2 Å². The van der Waals surface area contributed by atoms with Crippen LogP contribution in [0.1, 0.15) is 5.76 Å². The summed E-state index contributed by atoms with van der Waals surface area (Å²) >= 11 is 0. The smallest absolute Gasteiger partial charge is 0.333 e. The monoisotopic (exact) mass is 389 g/mol. The van der Waals surface area contributed by atoms with Crippen LogP contribution in [0.4, 0.5) is 4.79 Å². The van der Waals surface area contributed by atoms with Crippen molar-refractivity contribution in [3.05, 3.63) is 47.7 Å². The van der Waals surface area contributed by atoms with Crippen LogP contribution in [0.3, 0.4) is 0 Å². The van der Waals surface area contributed by atoms with Crippen molar-refractivity contribution < 1.29 is 27.2 Å². The number of carbonyl (C=O) groups is 3. The Morgan fingerprint density at radius 1 is 0.926 bits per heavy atom. The molecular weight excluding hydrogens is 374 g/mol. The third-order valence-corrected chi connectivity index (χ3v) is 4.95. The molecule has 1 aromatic carbocycles.